The highest BCUT2D eigenvalue weighted by molar-refractivity contribution is 5.91. The van der Waals surface area contributed by atoms with Crippen LogP contribution in [-0.4, -0.2) is 30.2 Å². The molecule has 0 bridgehead atoms. The summed E-state index contributed by atoms with van der Waals surface area (Å²) < 4.78 is 12.8. The number of carbonyl (C=O) groups excluding carboxylic acids is 1. The third-order valence-corrected chi connectivity index (χ3v) is 3.41. The molecular formula is C14H17FN2O3. The lowest BCUT2D eigenvalue weighted by Gasteiger charge is -2.22. The topological polar surface area (TPSA) is 69.6 Å². The predicted molar refractivity (Wildman–Crippen MR) is 72.1 cm³/mol. The van der Waals surface area contributed by atoms with Crippen LogP contribution >= 0.6 is 0 Å². The largest absolute Gasteiger partial charge is 0.481 e. The van der Waals surface area contributed by atoms with E-state index >= 15 is 0 Å². The van der Waals surface area contributed by atoms with Crippen molar-refractivity contribution >= 4 is 17.7 Å². The Balaban J connectivity index is 1.98. The minimum atomic E-state index is -0.924. The van der Waals surface area contributed by atoms with Crippen molar-refractivity contribution in [2.45, 2.75) is 25.3 Å². The maximum absolute atomic E-state index is 12.8. The van der Waals surface area contributed by atoms with Gasteiger partial charge in [0.15, 0.2) is 0 Å². The zero-order chi connectivity index (χ0) is 14.7. The second-order valence-electron chi connectivity index (χ2n) is 5.03. The van der Waals surface area contributed by atoms with Crippen LogP contribution in [0.15, 0.2) is 24.3 Å². The van der Waals surface area contributed by atoms with Crippen LogP contribution in [0.3, 0.4) is 0 Å². The first kappa shape index (κ1) is 14.3. The minimum Gasteiger partial charge on any atom is -0.481 e. The van der Waals surface area contributed by atoms with E-state index in [1.807, 2.05) is 0 Å². The Bertz CT molecular complexity index is 500. The summed E-state index contributed by atoms with van der Waals surface area (Å²) in [7, 11) is 1.56. The SMILES string of the molecule is CN(C(=O)NC(CC(=O)O)C1CC1)c1ccc(F)cc1. The number of nitrogens with one attached hydrogen (secondary N) is 1. The Morgan fingerprint density at radius 1 is 1.40 bits per heavy atom. The summed E-state index contributed by atoms with van der Waals surface area (Å²) in [5.41, 5.74) is 0.550. The zero-order valence-electron chi connectivity index (χ0n) is 11.2. The van der Waals surface area contributed by atoms with Crippen LogP contribution in [0.5, 0.6) is 0 Å². The van der Waals surface area contributed by atoms with Gasteiger partial charge >= 0.3 is 12.0 Å². The molecule has 0 radical (unpaired) electrons. The first-order valence-electron chi connectivity index (χ1n) is 6.49. The van der Waals surface area contributed by atoms with Gasteiger partial charge in [-0.3, -0.25) is 9.69 Å². The standard InChI is InChI=1S/C14H17FN2O3/c1-17(11-6-4-10(15)5-7-11)14(20)16-12(8-13(18)19)9-2-3-9/h4-7,9,12H,2-3,8H2,1H3,(H,16,20)(H,18,19). The molecule has 0 aromatic heterocycles. The first-order chi connectivity index (χ1) is 9.47. The van der Waals surface area contributed by atoms with Crippen LogP contribution in [0, 0.1) is 11.7 Å². The van der Waals surface area contributed by atoms with Gasteiger partial charge in [-0.1, -0.05) is 0 Å². The molecule has 2 rings (SSSR count). The number of amides is 2. The van der Waals surface area contributed by atoms with E-state index in [4.69, 9.17) is 5.11 Å². The Hall–Kier alpha value is -2.11. The molecule has 2 amide bonds. The van der Waals surface area contributed by atoms with Crippen molar-refractivity contribution in [1.29, 1.82) is 0 Å². The van der Waals surface area contributed by atoms with Gasteiger partial charge in [0.25, 0.3) is 0 Å². The number of hydrogen-bond acceptors (Lipinski definition) is 2. The van der Waals surface area contributed by atoms with E-state index in [0.29, 0.717) is 5.69 Å². The number of rotatable bonds is 5. The third-order valence-electron chi connectivity index (χ3n) is 3.41. The van der Waals surface area contributed by atoms with E-state index in [1.165, 1.54) is 29.2 Å². The summed E-state index contributed by atoms with van der Waals surface area (Å²) in [5, 5.41) is 11.6. The number of halogens is 1. The second kappa shape index (κ2) is 5.90. The fraction of sp³-hybridized carbons (Fsp3) is 0.429. The van der Waals surface area contributed by atoms with E-state index in [1.54, 1.807) is 7.05 Å². The normalized spacial score (nSPS) is 15.5. The molecule has 6 heteroatoms. The number of anilines is 1. The monoisotopic (exact) mass is 280 g/mol. The quantitative estimate of drug-likeness (QED) is 0.869. The summed E-state index contributed by atoms with van der Waals surface area (Å²) in [6.45, 7) is 0. The summed E-state index contributed by atoms with van der Waals surface area (Å²) in [6, 6.07) is 4.82. The van der Waals surface area contributed by atoms with Crippen LogP contribution in [-0.2, 0) is 4.79 Å². The molecule has 0 spiro atoms. The van der Waals surface area contributed by atoms with Gasteiger partial charge in [0, 0.05) is 18.8 Å². The van der Waals surface area contributed by atoms with E-state index in [0.717, 1.165) is 12.8 Å². The molecular weight excluding hydrogens is 263 g/mol. The Morgan fingerprint density at radius 3 is 2.50 bits per heavy atom. The van der Waals surface area contributed by atoms with Crippen molar-refractivity contribution in [1.82, 2.24) is 5.32 Å². The molecule has 1 aliphatic carbocycles. The van der Waals surface area contributed by atoms with Gasteiger partial charge in [-0.25, -0.2) is 9.18 Å². The Morgan fingerprint density at radius 2 is 2.00 bits per heavy atom. The van der Waals surface area contributed by atoms with Crippen LogP contribution in [0.1, 0.15) is 19.3 Å². The van der Waals surface area contributed by atoms with Crippen molar-refractivity contribution in [3.05, 3.63) is 30.1 Å². The zero-order valence-corrected chi connectivity index (χ0v) is 11.2. The minimum absolute atomic E-state index is 0.0757. The fourth-order valence-corrected chi connectivity index (χ4v) is 2.06. The number of benzene rings is 1. The lowest BCUT2D eigenvalue weighted by Crippen LogP contribution is -2.45. The van der Waals surface area contributed by atoms with Crippen molar-refractivity contribution < 1.29 is 19.1 Å². The number of carboxylic acids is 1. The Labute approximate surface area is 116 Å². The first-order valence-corrected chi connectivity index (χ1v) is 6.49. The van der Waals surface area contributed by atoms with E-state index in [9.17, 15) is 14.0 Å². The molecule has 0 heterocycles. The van der Waals surface area contributed by atoms with Gasteiger partial charge < -0.3 is 10.4 Å². The molecule has 1 saturated carbocycles. The average Bonchev–Trinajstić information content (AvgIpc) is 3.21. The van der Waals surface area contributed by atoms with Crippen molar-refractivity contribution in [2.24, 2.45) is 5.92 Å². The van der Waals surface area contributed by atoms with Gasteiger partial charge in [0.1, 0.15) is 5.82 Å². The number of urea groups is 1. The number of carboxylic acid groups (broad SMARTS) is 1. The van der Waals surface area contributed by atoms with E-state index < -0.39 is 5.97 Å². The second-order valence-corrected chi connectivity index (χ2v) is 5.03. The summed E-state index contributed by atoms with van der Waals surface area (Å²) in [5.74, 6) is -1.05. The molecule has 1 fully saturated rings. The molecule has 1 unspecified atom stereocenters. The van der Waals surface area contributed by atoms with Crippen molar-refractivity contribution in [3.63, 3.8) is 0 Å². The van der Waals surface area contributed by atoms with Crippen LogP contribution < -0.4 is 10.2 Å². The van der Waals surface area contributed by atoms with Gasteiger partial charge in [-0.2, -0.15) is 0 Å². The summed E-state index contributed by atoms with van der Waals surface area (Å²) in [6.07, 6.45) is 1.81. The van der Waals surface area contributed by atoms with Crippen LogP contribution in [0.4, 0.5) is 14.9 Å². The lowest BCUT2D eigenvalue weighted by atomic mass is 10.1. The number of aliphatic carboxylic acids is 1. The summed E-state index contributed by atoms with van der Waals surface area (Å²) >= 11 is 0. The highest BCUT2D eigenvalue weighted by Gasteiger charge is 2.34. The molecule has 0 aliphatic heterocycles. The van der Waals surface area contributed by atoms with Gasteiger partial charge in [0.2, 0.25) is 0 Å². The maximum atomic E-state index is 12.8. The van der Waals surface area contributed by atoms with Gasteiger partial charge in [-0.15, -0.1) is 0 Å². The molecule has 2 N–H and O–H groups in total. The Kier molecular flexibility index (Phi) is 4.22. The number of hydrogen-bond donors (Lipinski definition) is 2. The van der Waals surface area contributed by atoms with Gasteiger partial charge in [0.05, 0.1) is 6.42 Å². The average molecular weight is 280 g/mol. The molecule has 108 valence electrons. The van der Waals surface area contributed by atoms with Gasteiger partial charge in [-0.05, 0) is 43.0 Å². The molecule has 1 aromatic rings. The van der Waals surface area contributed by atoms with E-state index in [-0.39, 0.29) is 30.2 Å². The smallest absolute Gasteiger partial charge is 0.321 e. The highest BCUT2D eigenvalue weighted by Crippen LogP contribution is 2.34. The van der Waals surface area contributed by atoms with Crippen molar-refractivity contribution in [3.8, 4) is 0 Å². The number of nitrogens with zero attached hydrogens (tertiary/aromatic N) is 1. The maximum Gasteiger partial charge on any atom is 0.321 e. The third kappa shape index (κ3) is 3.69. The number of carbonyl (C=O) groups is 2. The lowest BCUT2D eigenvalue weighted by molar-refractivity contribution is -0.137. The van der Waals surface area contributed by atoms with E-state index in [2.05, 4.69) is 5.32 Å². The summed E-state index contributed by atoms with van der Waals surface area (Å²) in [4.78, 5) is 24.2. The molecule has 1 aromatic carbocycles. The van der Waals surface area contributed by atoms with Crippen LogP contribution in [0.25, 0.3) is 0 Å². The molecule has 1 atom stereocenters. The predicted octanol–water partition coefficient (Wildman–Crippen LogP) is 2.22. The highest BCUT2D eigenvalue weighted by atomic mass is 19.1. The molecule has 20 heavy (non-hydrogen) atoms. The van der Waals surface area contributed by atoms with Crippen molar-refractivity contribution in [2.75, 3.05) is 11.9 Å². The van der Waals surface area contributed by atoms with Crippen LogP contribution in [0.2, 0.25) is 0 Å². The molecule has 0 saturated heterocycles. The molecule has 1 aliphatic rings. The molecule has 5 nitrogen and oxygen atoms in total. The fourth-order valence-electron chi connectivity index (χ4n) is 2.06.